The van der Waals surface area contributed by atoms with Crippen molar-refractivity contribution in [1.82, 2.24) is 5.32 Å². The number of nitrogens with one attached hydrogen (secondary N) is 1. The Hall–Kier alpha value is -1.69. The molecule has 5 nitrogen and oxygen atoms in total. The van der Waals surface area contributed by atoms with E-state index in [4.69, 9.17) is 0 Å². The second-order valence-corrected chi connectivity index (χ2v) is 11.3. The second-order valence-electron chi connectivity index (χ2n) is 11.3. The Kier molecular flexibility index (Phi) is 30.0. The predicted octanol–water partition coefficient (Wildman–Crippen LogP) is 8.64. The summed E-state index contributed by atoms with van der Waals surface area (Å²) in [6, 6.07) is -0.821. The summed E-state index contributed by atoms with van der Waals surface area (Å²) in [5.74, 6) is -0.528. The molecule has 0 heterocycles. The molecule has 4 N–H and O–H groups in total. The van der Waals surface area contributed by atoms with E-state index < -0.39 is 24.2 Å². The molecule has 0 bridgehead atoms. The molecule has 1 amide bonds. The number of carbonyl (C=O) groups is 1. The maximum atomic E-state index is 12.3. The van der Waals surface area contributed by atoms with Crippen molar-refractivity contribution < 1.29 is 20.1 Å². The molecule has 0 aromatic heterocycles. The van der Waals surface area contributed by atoms with Gasteiger partial charge in [0.15, 0.2) is 0 Å². The van der Waals surface area contributed by atoms with E-state index in [1.54, 1.807) is 6.08 Å². The fraction of sp³-hybridized carbons (Fsp3) is 0.750. The van der Waals surface area contributed by atoms with Crippen molar-refractivity contribution in [2.75, 3.05) is 6.61 Å². The number of unbranched alkanes of at least 4 members (excludes halogenated alkanes) is 15. The number of allylic oxidation sites excluding steroid dienone is 7. The summed E-state index contributed by atoms with van der Waals surface area (Å²) in [6.45, 7) is 4.05. The van der Waals surface area contributed by atoms with Crippen molar-refractivity contribution in [3.8, 4) is 0 Å². The summed E-state index contributed by atoms with van der Waals surface area (Å²) in [5, 5.41) is 32.8. The van der Waals surface area contributed by atoms with Gasteiger partial charge in [-0.05, 0) is 64.2 Å². The summed E-state index contributed by atoms with van der Waals surface area (Å²) in [5.41, 5.74) is 0. The number of aliphatic hydroxyl groups is 3. The van der Waals surface area contributed by atoms with E-state index in [0.29, 0.717) is 6.42 Å². The molecule has 0 aromatic carbocycles. The van der Waals surface area contributed by atoms with Crippen molar-refractivity contribution in [3.05, 3.63) is 48.6 Å². The fourth-order valence-corrected chi connectivity index (χ4v) is 4.63. The Morgan fingerprint density at radius 2 is 1.05 bits per heavy atom. The van der Waals surface area contributed by atoms with Crippen LogP contribution in [0.1, 0.15) is 149 Å². The molecule has 3 unspecified atom stereocenters. The third-order valence-electron chi connectivity index (χ3n) is 7.35. The van der Waals surface area contributed by atoms with E-state index in [-0.39, 0.29) is 6.61 Å². The van der Waals surface area contributed by atoms with Crippen molar-refractivity contribution in [1.29, 1.82) is 0 Å². The zero-order chi connectivity index (χ0) is 30.2. The van der Waals surface area contributed by atoms with E-state index in [9.17, 15) is 20.1 Å². The Bertz CT molecular complexity index is 685. The minimum atomic E-state index is -1.11. The maximum Gasteiger partial charge on any atom is 0.249 e. The van der Waals surface area contributed by atoms with Gasteiger partial charge in [0.25, 0.3) is 0 Å². The molecule has 0 aromatic rings. The molecule has 0 fully saturated rings. The Balaban J connectivity index is 3.84. The minimum absolute atomic E-state index is 0.385. The van der Waals surface area contributed by atoms with Crippen LogP contribution in [0.4, 0.5) is 0 Å². The number of aliphatic hydroxyl groups excluding tert-OH is 3. The normalized spacial score (nSPS) is 14.6. The van der Waals surface area contributed by atoms with Gasteiger partial charge in [0.1, 0.15) is 6.10 Å². The number of carbonyl (C=O) groups excluding carboxylic acids is 1. The SMILES string of the molecule is CCC/C=C/CC/C=C/CC/C=C/C(O)C(CO)NC(=O)C(O)CCCCCCCC/C=C\CCCCCCCC. The second kappa shape index (κ2) is 31.3. The number of rotatable bonds is 29. The van der Waals surface area contributed by atoms with E-state index in [0.717, 1.165) is 57.8 Å². The van der Waals surface area contributed by atoms with Crippen LogP contribution in [-0.4, -0.2) is 46.1 Å². The van der Waals surface area contributed by atoms with Gasteiger partial charge in [0.2, 0.25) is 5.91 Å². The van der Waals surface area contributed by atoms with Gasteiger partial charge >= 0.3 is 0 Å². The number of hydrogen-bond acceptors (Lipinski definition) is 4. The number of amides is 1. The summed E-state index contributed by atoms with van der Waals surface area (Å²) in [7, 11) is 0. The lowest BCUT2D eigenvalue weighted by Gasteiger charge is -2.21. The molecule has 0 aliphatic carbocycles. The quantitative estimate of drug-likeness (QED) is 0.0531. The lowest BCUT2D eigenvalue weighted by molar-refractivity contribution is -0.131. The lowest BCUT2D eigenvalue weighted by atomic mass is 10.0. The molecule has 0 saturated carbocycles. The average molecular weight is 576 g/mol. The maximum absolute atomic E-state index is 12.3. The summed E-state index contributed by atoms with van der Waals surface area (Å²) in [4.78, 5) is 12.3. The van der Waals surface area contributed by atoms with Gasteiger partial charge in [-0.25, -0.2) is 0 Å². The monoisotopic (exact) mass is 575 g/mol. The first-order chi connectivity index (χ1) is 20.1. The molecule has 0 aliphatic heterocycles. The van der Waals surface area contributed by atoms with E-state index in [2.05, 4.69) is 55.6 Å². The highest BCUT2D eigenvalue weighted by Crippen LogP contribution is 2.12. The molecular weight excluding hydrogens is 510 g/mol. The average Bonchev–Trinajstić information content (AvgIpc) is 2.98. The molecule has 0 radical (unpaired) electrons. The van der Waals surface area contributed by atoms with Gasteiger partial charge in [-0.15, -0.1) is 0 Å². The van der Waals surface area contributed by atoms with Crippen LogP contribution in [0, 0.1) is 0 Å². The Morgan fingerprint density at radius 1 is 0.585 bits per heavy atom. The molecule has 0 aliphatic rings. The van der Waals surface area contributed by atoms with E-state index >= 15 is 0 Å². The van der Waals surface area contributed by atoms with Gasteiger partial charge in [-0.3, -0.25) is 4.79 Å². The van der Waals surface area contributed by atoms with Crippen molar-refractivity contribution in [2.45, 2.75) is 167 Å². The molecular formula is C36H65NO4. The molecule has 41 heavy (non-hydrogen) atoms. The van der Waals surface area contributed by atoms with Crippen LogP contribution in [0.15, 0.2) is 48.6 Å². The first-order valence-corrected chi connectivity index (χ1v) is 17.0. The highest BCUT2D eigenvalue weighted by molar-refractivity contribution is 5.80. The van der Waals surface area contributed by atoms with Crippen LogP contribution in [0.3, 0.4) is 0 Å². The first-order valence-electron chi connectivity index (χ1n) is 17.0. The molecule has 3 atom stereocenters. The first kappa shape index (κ1) is 39.3. The van der Waals surface area contributed by atoms with Gasteiger partial charge in [-0.1, -0.05) is 133 Å². The third-order valence-corrected chi connectivity index (χ3v) is 7.35. The molecule has 5 heteroatoms. The van der Waals surface area contributed by atoms with Crippen LogP contribution in [0.5, 0.6) is 0 Å². The molecule has 0 rings (SSSR count). The van der Waals surface area contributed by atoms with Gasteiger partial charge in [0, 0.05) is 0 Å². The van der Waals surface area contributed by atoms with Gasteiger partial charge in [0.05, 0.1) is 18.8 Å². The van der Waals surface area contributed by atoms with Crippen molar-refractivity contribution >= 4 is 5.91 Å². The topological polar surface area (TPSA) is 89.8 Å². The zero-order valence-electron chi connectivity index (χ0n) is 26.7. The van der Waals surface area contributed by atoms with E-state index in [1.165, 1.54) is 70.6 Å². The van der Waals surface area contributed by atoms with Crippen LogP contribution in [0.2, 0.25) is 0 Å². The predicted molar refractivity (Wildman–Crippen MR) is 176 cm³/mol. The standard InChI is InChI=1S/C36H65NO4/c1-3-5-7-9-11-13-15-16-17-18-19-21-23-25-27-29-31-35(40)36(41)37-33(32-38)34(39)30-28-26-24-22-20-14-12-10-8-6-4-2/h8,10,16-17,20,22,28,30,33-35,38-40H,3-7,9,11-15,18-19,21,23-27,29,31-32H2,1-2H3,(H,37,41)/b10-8+,17-16-,22-20+,30-28+. The fourth-order valence-electron chi connectivity index (χ4n) is 4.63. The van der Waals surface area contributed by atoms with Crippen LogP contribution >= 0.6 is 0 Å². The van der Waals surface area contributed by atoms with Gasteiger partial charge in [-0.2, -0.15) is 0 Å². The van der Waals surface area contributed by atoms with Crippen LogP contribution in [-0.2, 0) is 4.79 Å². The smallest absolute Gasteiger partial charge is 0.249 e. The highest BCUT2D eigenvalue weighted by Gasteiger charge is 2.22. The van der Waals surface area contributed by atoms with Crippen LogP contribution in [0.25, 0.3) is 0 Å². The van der Waals surface area contributed by atoms with Crippen molar-refractivity contribution in [2.24, 2.45) is 0 Å². The molecule has 0 saturated heterocycles. The summed E-state index contributed by atoms with van der Waals surface area (Å²) in [6.07, 6.45) is 38.4. The number of hydrogen-bond donors (Lipinski definition) is 4. The third kappa shape index (κ3) is 26.9. The zero-order valence-corrected chi connectivity index (χ0v) is 26.7. The molecule has 238 valence electrons. The van der Waals surface area contributed by atoms with Gasteiger partial charge < -0.3 is 20.6 Å². The lowest BCUT2D eigenvalue weighted by Crippen LogP contribution is -2.48. The minimum Gasteiger partial charge on any atom is -0.394 e. The van der Waals surface area contributed by atoms with Crippen molar-refractivity contribution in [3.63, 3.8) is 0 Å². The summed E-state index contributed by atoms with van der Waals surface area (Å²) < 4.78 is 0. The summed E-state index contributed by atoms with van der Waals surface area (Å²) >= 11 is 0. The highest BCUT2D eigenvalue weighted by atomic mass is 16.3. The largest absolute Gasteiger partial charge is 0.394 e. The van der Waals surface area contributed by atoms with Crippen LogP contribution < -0.4 is 5.32 Å². The Labute approximate surface area is 253 Å². The Morgan fingerprint density at radius 3 is 1.59 bits per heavy atom. The van der Waals surface area contributed by atoms with E-state index in [1.807, 2.05) is 6.08 Å². The molecule has 0 spiro atoms.